The lowest BCUT2D eigenvalue weighted by atomic mass is 9.90. The number of amides is 5. The van der Waals surface area contributed by atoms with E-state index >= 15 is 0 Å². The van der Waals surface area contributed by atoms with E-state index in [2.05, 4.69) is 41.6 Å². The summed E-state index contributed by atoms with van der Waals surface area (Å²) in [5.74, 6) is -2.13. The van der Waals surface area contributed by atoms with Crippen molar-refractivity contribution < 1.29 is 37.5 Å². The molecule has 0 radical (unpaired) electrons. The molecule has 0 spiro atoms. The number of alkyl halides is 2. The smallest absolute Gasteiger partial charge is 0.278 e. The summed E-state index contributed by atoms with van der Waals surface area (Å²) in [5, 5.41) is 23.7. The minimum atomic E-state index is -2.84. The fourth-order valence-corrected chi connectivity index (χ4v) is 8.94. The van der Waals surface area contributed by atoms with Gasteiger partial charge in [0.2, 0.25) is 11.8 Å². The molecule has 1 atom stereocenters. The lowest BCUT2D eigenvalue weighted by molar-refractivity contribution is -0.136. The second-order valence-corrected chi connectivity index (χ2v) is 16.1. The van der Waals surface area contributed by atoms with Crippen LogP contribution >= 0.6 is 11.6 Å². The van der Waals surface area contributed by atoms with Gasteiger partial charge in [-0.1, -0.05) is 11.6 Å². The highest BCUT2D eigenvalue weighted by Crippen LogP contribution is 2.38. The van der Waals surface area contributed by atoms with Crippen LogP contribution in [0.1, 0.15) is 75.4 Å². The summed E-state index contributed by atoms with van der Waals surface area (Å²) in [6, 6.07) is 14.8. The predicted octanol–water partition coefficient (Wildman–Crippen LogP) is 4.00. The summed E-state index contributed by atoms with van der Waals surface area (Å²) in [7, 11) is 2.02. The average Bonchev–Trinajstić information content (AvgIpc) is 3.70. The zero-order chi connectivity index (χ0) is 42.9. The largest absolute Gasteiger partial charge is 0.492 e. The van der Waals surface area contributed by atoms with Crippen molar-refractivity contribution in [3.63, 3.8) is 0 Å². The van der Waals surface area contributed by atoms with E-state index in [0.29, 0.717) is 60.3 Å². The molecular formula is C42H43ClF2N10O6. The topological polar surface area (TPSA) is 186 Å². The molecule has 5 heterocycles. The fraction of sp³-hybridized carbons (Fsp3) is 0.429. The molecule has 16 nitrogen and oxygen atoms in total. The number of fused-ring (bicyclic) bond motifs is 3. The van der Waals surface area contributed by atoms with E-state index in [9.17, 15) is 38.0 Å². The first-order chi connectivity index (χ1) is 29.4. The van der Waals surface area contributed by atoms with Crippen molar-refractivity contribution in [1.82, 2.24) is 35.2 Å². The number of ether oxygens (including phenoxy) is 1. The van der Waals surface area contributed by atoms with Crippen molar-refractivity contribution in [2.24, 2.45) is 0 Å². The Kier molecular flexibility index (Phi) is 11.9. The molecule has 3 aliphatic heterocycles. The standard InChI is InChI=1S/C42H43ClF2N10O6/c1-51(27-5-2-24(22-46)30(43)20-27)26-6-3-25(4-7-26)47-39(57)31-10-12-35(50-49-31)53-16-14-52(15-17-53)18-19-61-28-8-9-29-33(21-28)54(23-34(44)45)38-37(29)41(59)55(42(38)60)32-11-13-36(56)48-40(32)58/h2,5,8-10,12,20-21,25-26,32,34H,3-4,6-7,11,13-19,23H2,1H3,(H,47,57)(H,48,56,58). The van der Waals surface area contributed by atoms with Gasteiger partial charge < -0.3 is 24.4 Å². The number of nitrogens with zero attached hydrogens (tertiary/aromatic N) is 8. The molecule has 2 aromatic carbocycles. The van der Waals surface area contributed by atoms with Crippen LogP contribution in [0, 0.1) is 11.3 Å². The number of halogens is 3. The number of hydrogen-bond donors (Lipinski definition) is 2. The van der Waals surface area contributed by atoms with Gasteiger partial charge in [-0.15, -0.1) is 10.2 Å². The van der Waals surface area contributed by atoms with Crippen LogP contribution in [0.2, 0.25) is 5.02 Å². The Morgan fingerprint density at radius 3 is 2.44 bits per heavy atom. The SMILES string of the molecule is CN(c1ccc(C#N)c(Cl)c1)C1CCC(NC(=O)c2ccc(N3CCN(CCOc4ccc5c6c(n(CC(F)F)c5c4)C(=O)N(C4CCC(=O)NC4=O)C6=O)CC3)nn2)CC1. The van der Waals surface area contributed by atoms with E-state index in [0.717, 1.165) is 40.8 Å². The number of nitriles is 1. The zero-order valence-electron chi connectivity index (χ0n) is 33.3. The van der Waals surface area contributed by atoms with Gasteiger partial charge in [0.05, 0.1) is 28.2 Å². The van der Waals surface area contributed by atoms with Crippen molar-refractivity contribution in [2.75, 3.05) is 56.2 Å². The molecule has 1 saturated carbocycles. The van der Waals surface area contributed by atoms with Crippen LogP contribution in [0.15, 0.2) is 48.5 Å². The zero-order valence-corrected chi connectivity index (χ0v) is 34.0. The number of anilines is 2. The number of carbonyl (C=O) groups is 5. The predicted molar refractivity (Wildman–Crippen MR) is 219 cm³/mol. The molecule has 3 fully saturated rings. The molecule has 61 heavy (non-hydrogen) atoms. The molecule has 2 aromatic heterocycles. The number of hydrogen-bond acceptors (Lipinski definition) is 12. The van der Waals surface area contributed by atoms with Crippen molar-refractivity contribution in [3.05, 3.63) is 76.1 Å². The number of piperazine rings is 1. The van der Waals surface area contributed by atoms with Crippen LogP contribution in [0.5, 0.6) is 5.75 Å². The monoisotopic (exact) mass is 856 g/mol. The first-order valence-electron chi connectivity index (χ1n) is 20.2. The van der Waals surface area contributed by atoms with Crippen LogP contribution in [0.3, 0.4) is 0 Å². The van der Waals surface area contributed by atoms with Crippen LogP contribution < -0.4 is 25.2 Å². The van der Waals surface area contributed by atoms with E-state index in [-0.39, 0.29) is 59.9 Å². The lowest BCUT2D eigenvalue weighted by Crippen LogP contribution is -2.54. The van der Waals surface area contributed by atoms with Crippen molar-refractivity contribution in [2.45, 2.75) is 69.6 Å². The first-order valence-corrected chi connectivity index (χ1v) is 20.6. The average molecular weight is 857 g/mol. The summed E-state index contributed by atoms with van der Waals surface area (Å²) in [4.78, 5) is 71.6. The van der Waals surface area contributed by atoms with Crippen LogP contribution in [-0.2, 0) is 16.1 Å². The Morgan fingerprint density at radius 1 is 1.00 bits per heavy atom. The number of piperidine rings is 1. The quantitative estimate of drug-likeness (QED) is 0.196. The molecule has 8 rings (SSSR count). The molecule has 5 amide bonds. The van der Waals surface area contributed by atoms with E-state index in [4.69, 9.17) is 16.3 Å². The van der Waals surface area contributed by atoms with Crippen molar-refractivity contribution in [1.29, 1.82) is 5.26 Å². The third-order valence-electron chi connectivity index (χ3n) is 12.0. The minimum absolute atomic E-state index is 0.0251. The highest BCUT2D eigenvalue weighted by Gasteiger charge is 2.48. The van der Waals surface area contributed by atoms with Gasteiger partial charge in [-0.05, 0) is 74.6 Å². The second kappa shape index (κ2) is 17.4. The Hall–Kier alpha value is -6.19. The number of aromatic nitrogens is 3. The van der Waals surface area contributed by atoms with E-state index in [1.165, 1.54) is 6.07 Å². The van der Waals surface area contributed by atoms with E-state index < -0.39 is 42.6 Å². The number of carbonyl (C=O) groups excluding carboxylic acids is 5. The molecule has 4 aliphatic rings. The molecular weight excluding hydrogens is 814 g/mol. The summed E-state index contributed by atoms with van der Waals surface area (Å²) in [5.41, 5.74) is 1.62. The summed E-state index contributed by atoms with van der Waals surface area (Å²) < 4.78 is 34.8. The molecule has 318 valence electrons. The lowest BCUT2D eigenvalue weighted by Gasteiger charge is -2.36. The molecule has 1 unspecified atom stereocenters. The van der Waals surface area contributed by atoms with Gasteiger partial charge in [0.25, 0.3) is 24.1 Å². The summed E-state index contributed by atoms with van der Waals surface area (Å²) in [6.45, 7) is 2.77. The van der Waals surface area contributed by atoms with Gasteiger partial charge in [0.15, 0.2) is 11.5 Å². The normalized spacial score (nSPS) is 20.8. The number of imide groups is 2. The maximum atomic E-state index is 13.8. The Bertz CT molecular complexity index is 2420. The van der Waals surface area contributed by atoms with Crippen LogP contribution in [-0.4, -0.2) is 125 Å². The number of nitrogens with one attached hydrogen (secondary N) is 2. The Morgan fingerprint density at radius 2 is 1.77 bits per heavy atom. The van der Waals surface area contributed by atoms with Gasteiger partial charge in [-0.2, -0.15) is 5.26 Å². The maximum absolute atomic E-state index is 13.8. The van der Waals surface area contributed by atoms with E-state index in [1.807, 2.05) is 19.2 Å². The highest BCUT2D eigenvalue weighted by atomic mass is 35.5. The summed E-state index contributed by atoms with van der Waals surface area (Å²) in [6.07, 6.45) is 0.473. The molecule has 0 bridgehead atoms. The van der Waals surface area contributed by atoms with Crippen LogP contribution in [0.25, 0.3) is 10.9 Å². The first kappa shape index (κ1) is 41.5. The number of benzene rings is 2. The summed E-state index contributed by atoms with van der Waals surface area (Å²) >= 11 is 6.25. The van der Waals surface area contributed by atoms with Crippen molar-refractivity contribution >= 4 is 63.5 Å². The van der Waals surface area contributed by atoms with Gasteiger partial charge >= 0.3 is 0 Å². The van der Waals surface area contributed by atoms with Gasteiger partial charge in [0, 0.05) is 75.4 Å². The van der Waals surface area contributed by atoms with Gasteiger partial charge in [-0.25, -0.2) is 8.78 Å². The molecule has 2 N–H and O–H groups in total. The Labute approximate surface area is 354 Å². The number of rotatable bonds is 12. The van der Waals surface area contributed by atoms with Gasteiger partial charge in [-0.3, -0.25) is 39.1 Å². The van der Waals surface area contributed by atoms with E-state index in [1.54, 1.807) is 30.3 Å². The third-order valence-corrected chi connectivity index (χ3v) is 12.4. The maximum Gasteiger partial charge on any atom is 0.278 e. The molecule has 1 aliphatic carbocycles. The molecule has 19 heteroatoms. The third kappa shape index (κ3) is 8.44. The molecule has 2 saturated heterocycles. The highest BCUT2D eigenvalue weighted by molar-refractivity contribution is 6.32. The second-order valence-electron chi connectivity index (χ2n) is 15.7. The molecule has 4 aromatic rings. The minimum Gasteiger partial charge on any atom is -0.492 e. The van der Waals surface area contributed by atoms with Crippen LogP contribution in [0.4, 0.5) is 20.3 Å². The fourth-order valence-electron chi connectivity index (χ4n) is 8.72. The van der Waals surface area contributed by atoms with Crippen molar-refractivity contribution in [3.8, 4) is 11.8 Å². The van der Waals surface area contributed by atoms with Gasteiger partial charge in [0.1, 0.15) is 30.2 Å². The Balaban J connectivity index is 0.804.